The van der Waals surface area contributed by atoms with Crippen LogP contribution in [-0.2, 0) is 0 Å². The fourth-order valence-corrected chi connectivity index (χ4v) is 1.64. The topological polar surface area (TPSA) is 90.7 Å². The molecule has 1 N–H and O–H groups in total. The molecule has 7 heteroatoms. The molecule has 0 aliphatic carbocycles. The number of nitrogens with zero attached hydrogens (tertiary/aromatic N) is 1. The van der Waals surface area contributed by atoms with Crippen LogP contribution in [0, 0.1) is 22.5 Å². The standard InChI is InChI=1S/C12H10N2O5/c1-2-3-13-12(15)8-6-10-11(19-5-4-18-10)7-9(8)14(16)17/h1,6-7H,3-5H2,(H,13,15). The van der Waals surface area contributed by atoms with E-state index >= 15 is 0 Å². The maximum Gasteiger partial charge on any atom is 0.286 e. The van der Waals surface area contributed by atoms with Gasteiger partial charge in [-0.2, -0.15) is 0 Å². The zero-order valence-electron chi connectivity index (χ0n) is 9.84. The molecule has 1 heterocycles. The highest BCUT2D eigenvalue weighted by Gasteiger charge is 2.25. The molecule has 0 aromatic heterocycles. The van der Waals surface area contributed by atoms with Gasteiger partial charge in [-0.15, -0.1) is 6.42 Å². The molecule has 19 heavy (non-hydrogen) atoms. The second kappa shape index (κ2) is 5.27. The number of benzene rings is 1. The highest BCUT2D eigenvalue weighted by Crippen LogP contribution is 2.36. The highest BCUT2D eigenvalue weighted by molar-refractivity contribution is 5.99. The number of rotatable bonds is 3. The van der Waals surface area contributed by atoms with Crippen molar-refractivity contribution >= 4 is 11.6 Å². The Morgan fingerprint density at radius 2 is 2.05 bits per heavy atom. The Kier molecular flexibility index (Phi) is 3.52. The molecule has 98 valence electrons. The summed E-state index contributed by atoms with van der Waals surface area (Å²) in [7, 11) is 0. The quantitative estimate of drug-likeness (QED) is 0.492. The van der Waals surface area contributed by atoms with E-state index in [0.717, 1.165) is 0 Å². The first-order chi connectivity index (χ1) is 9.13. The Morgan fingerprint density at radius 1 is 1.42 bits per heavy atom. The Morgan fingerprint density at radius 3 is 2.63 bits per heavy atom. The first-order valence-corrected chi connectivity index (χ1v) is 5.43. The second-order valence-electron chi connectivity index (χ2n) is 3.66. The van der Waals surface area contributed by atoms with Crippen LogP contribution in [0.5, 0.6) is 11.5 Å². The van der Waals surface area contributed by atoms with Gasteiger partial charge in [-0.3, -0.25) is 14.9 Å². The van der Waals surface area contributed by atoms with Gasteiger partial charge in [0.1, 0.15) is 18.8 Å². The fourth-order valence-electron chi connectivity index (χ4n) is 1.64. The van der Waals surface area contributed by atoms with Gasteiger partial charge < -0.3 is 14.8 Å². The zero-order valence-corrected chi connectivity index (χ0v) is 9.84. The Bertz CT molecular complexity index is 576. The van der Waals surface area contributed by atoms with Crippen LogP contribution in [0.25, 0.3) is 0 Å². The summed E-state index contributed by atoms with van der Waals surface area (Å²) in [6.45, 7) is 0.632. The smallest absolute Gasteiger partial charge is 0.286 e. The lowest BCUT2D eigenvalue weighted by atomic mass is 10.1. The molecular formula is C12H10N2O5. The average Bonchev–Trinajstić information content (AvgIpc) is 2.43. The molecule has 1 aromatic rings. The van der Waals surface area contributed by atoms with Crippen molar-refractivity contribution in [1.82, 2.24) is 5.32 Å². The number of nitrogens with one attached hydrogen (secondary N) is 1. The number of hydrogen-bond donors (Lipinski definition) is 1. The molecule has 0 unspecified atom stereocenters. The molecule has 0 saturated heterocycles. The van der Waals surface area contributed by atoms with E-state index < -0.39 is 10.8 Å². The monoisotopic (exact) mass is 262 g/mol. The normalized spacial score (nSPS) is 12.4. The molecule has 1 aliphatic rings. The summed E-state index contributed by atoms with van der Waals surface area (Å²) in [5, 5.41) is 13.3. The molecule has 2 rings (SSSR count). The second-order valence-corrected chi connectivity index (χ2v) is 3.66. The van der Waals surface area contributed by atoms with Gasteiger partial charge in [-0.05, 0) is 0 Å². The minimum Gasteiger partial charge on any atom is -0.486 e. The van der Waals surface area contributed by atoms with Crippen molar-refractivity contribution in [3.05, 3.63) is 27.8 Å². The molecule has 1 aliphatic heterocycles. The Labute approximate surface area is 108 Å². The van der Waals surface area contributed by atoms with Crippen LogP contribution in [0.3, 0.4) is 0 Å². The Hall–Kier alpha value is -2.75. The number of carbonyl (C=O) groups is 1. The summed E-state index contributed by atoms with van der Waals surface area (Å²) in [6, 6.07) is 2.47. The van der Waals surface area contributed by atoms with E-state index in [1.807, 2.05) is 0 Å². The minimum atomic E-state index is -0.650. The van der Waals surface area contributed by atoms with Crippen LogP contribution in [0.15, 0.2) is 12.1 Å². The number of fused-ring (bicyclic) bond motifs is 1. The summed E-state index contributed by atoms with van der Waals surface area (Å²) in [4.78, 5) is 22.1. The van der Waals surface area contributed by atoms with Crippen molar-refractivity contribution in [2.45, 2.75) is 0 Å². The van der Waals surface area contributed by atoms with Crippen LogP contribution in [0.4, 0.5) is 5.69 Å². The van der Waals surface area contributed by atoms with Crippen molar-refractivity contribution in [3.8, 4) is 23.8 Å². The van der Waals surface area contributed by atoms with E-state index in [4.69, 9.17) is 15.9 Å². The number of nitro groups is 1. The first-order valence-electron chi connectivity index (χ1n) is 5.43. The minimum absolute atomic E-state index is 0.00949. The number of hydrogen-bond acceptors (Lipinski definition) is 5. The van der Waals surface area contributed by atoms with Crippen LogP contribution < -0.4 is 14.8 Å². The van der Waals surface area contributed by atoms with Crippen LogP contribution in [-0.4, -0.2) is 30.6 Å². The fraction of sp³-hybridized carbons (Fsp3) is 0.250. The number of nitro benzene ring substituents is 1. The third-order valence-corrected chi connectivity index (χ3v) is 2.45. The molecule has 1 amide bonds. The van der Waals surface area contributed by atoms with Crippen LogP contribution in [0.1, 0.15) is 10.4 Å². The predicted octanol–water partition coefficient (Wildman–Crippen LogP) is 0.729. The van der Waals surface area contributed by atoms with Gasteiger partial charge in [-0.1, -0.05) is 5.92 Å². The molecule has 0 fully saturated rings. The molecular weight excluding hydrogens is 252 g/mol. The third kappa shape index (κ3) is 2.57. The molecule has 0 atom stereocenters. The average molecular weight is 262 g/mol. The molecule has 0 spiro atoms. The van der Waals surface area contributed by atoms with E-state index in [2.05, 4.69) is 11.2 Å². The van der Waals surface area contributed by atoms with Gasteiger partial charge >= 0.3 is 0 Å². The van der Waals surface area contributed by atoms with Gasteiger partial charge in [0.15, 0.2) is 11.5 Å². The summed E-state index contributed by atoms with van der Waals surface area (Å²) in [5.74, 6) is 2.16. The first kappa shape index (κ1) is 12.7. The molecule has 0 bridgehead atoms. The SMILES string of the molecule is C#CCNC(=O)c1cc2c(cc1[N+](=O)[O-])OCCO2. The molecule has 0 radical (unpaired) electrons. The lowest BCUT2D eigenvalue weighted by molar-refractivity contribution is -0.385. The number of amides is 1. The van der Waals surface area contributed by atoms with Gasteiger partial charge in [0.25, 0.3) is 11.6 Å². The lowest BCUT2D eigenvalue weighted by Crippen LogP contribution is -2.25. The summed E-state index contributed by atoms with van der Waals surface area (Å²) < 4.78 is 10.5. The maximum absolute atomic E-state index is 11.8. The number of ether oxygens (including phenoxy) is 2. The van der Waals surface area contributed by atoms with Gasteiger partial charge in [0.05, 0.1) is 17.5 Å². The van der Waals surface area contributed by atoms with E-state index in [0.29, 0.717) is 19.0 Å². The van der Waals surface area contributed by atoms with Crippen molar-refractivity contribution in [1.29, 1.82) is 0 Å². The molecule has 7 nitrogen and oxygen atoms in total. The van der Waals surface area contributed by atoms with Crippen molar-refractivity contribution in [2.24, 2.45) is 0 Å². The van der Waals surface area contributed by atoms with E-state index in [9.17, 15) is 14.9 Å². The van der Waals surface area contributed by atoms with E-state index in [-0.39, 0.29) is 23.5 Å². The van der Waals surface area contributed by atoms with Crippen molar-refractivity contribution < 1.29 is 19.2 Å². The molecule has 1 aromatic carbocycles. The van der Waals surface area contributed by atoms with E-state index in [1.54, 1.807) is 0 Å². The van der Waals surface area contributed by atoms with Crippen molar-refractivity contribution in [3.63, 3.8) is 0 Å². The van der Waals surface area contributed by atoms with E-state index in [1.165, 1.54) is 12.1 Å². The zero-order chi connectivity index (χ0) is 13.8. The predicted molar refractivity (Wildman–Crippen MR) is 65.3 cm³/mol. The van der Waals surface area contributed by atoms with Crippen LogP contribution >= 0.6 is 0 Å². The van der Waals surface area contributed by atoms with Gasteiger partial charge in [0, 0.05) is 6.07 Å². The number of terminal acetylenes is 1. The Balaban J connectivity index is 2.43. The third-order valence-electron chi connectivity index (χ3n) is 2.45. The summed E-state index contributed by atoms with van der Waals surface area (Å²) >= 11 is 0. The highest BCUT2D eigenvalue weighted by atomic mass is 16.6. The largest absolute Gasteiger partial charge is 0.486 e. The maximum atomic E-state index is 11.8. The lowest BCUT2D eigenvalue weighted by Gasteiger charge is -2.18. The molecule has 0 saturated carbocycles. The number of carbonyl (C=O) groups excluding carboxylic acids is 1. The van der Waals surface area contributed by atoms with Crippen molar-refractivity contribution in [2.75, 3.05) is 19.8 Å². The van der Waals surface area contributed by atoms with Gasteiger partial charge in [-0.25, -0.2) is 0 Å². The van der Waals surface area contributed by atoms with Gasteiger partial charge in [0.2, 0.25) is 0 Å². The summed E-state index contributed by atoms with van der Waals surface area (Å²) in [5.41, 5.74) is -0.455. The summed E-state index contributed by atoms with van der Waals surface area (Å²) in [6.07, 6.45) is 5.02. The van der Waals surface area contributed by atoms with Crippen LogP contribution in [0.2, 0.25) is 0 Å².